The van der Waals surface area contributed by atoms with Crippen LogP contribution in [0.5, 0.6) is 0 Å². The lowest BCUT2D eigenvalue weighted by Crippen LogP contribution is -2.64. The highest BCUT2D eigenvalue weighted by molar-refractivity contribution is 5.92. The summed E-state index contributed by atoms with van der Waals surface area (Å²) in [5.41, 5.74) is 2.69. The van der Waals surface area contributed by atoms with E-state index in [2.05, 4.69) is 25.5 Å². The number of nitrogens with zero attached hydrogens (tertiary/aromatic N) is 4. The van der Waals surface area contributed by atoms with Gasteiger partial charge in [0.25, 0.3) is 0 Å². The van der Waals surface area contributed by atoms with Crippen LogP contribution in [-0.2, 0) is 62.3 Å². The van der Waals surface area contributed by atoms with E-state index in [0.717, 1.165) is 67.4 Å². The van der Waals surface area contributed by atoms with E-state index < -0.39 is 110 Å². The number of hydrogen-bond donors (Lipinski definition) is 8. The number of aliphatic carboxylic acids is 1. The Balaban J connectivity index is 0.951. The second kappa shape index (κ2) is 26.3. The zero-order valence-electron chi connectivity index (χ0n) is 43.2. The van der Waals surface area contributed by atoms with Crippen molar-refractivity contribution in [3.8, 4) is 0 Å². The summed E-state index contributed by atoms with van der Waals surface area (Å²) < 4.78 is 41.5. The van der Waals surface area contributed by atoms with Crippen LogP contribution in [0.15, 0.2) is 67.0 Å². The summed E-state index contributed by atoms with van der Waals surface area (Å²) in [6, 6.07) is 15.8. The molecule has 8 rings (SSSR count). The van der Waals surface area contributed by atoms with Crippen molar-refractivity contribution in [3.05, 3.63) is 78.2 Å². The number of anilines is 1. The summed E-state index contributed by atoms with van der Waals surface area (Å²) in [5, 5.41) is 80.6. The zero-order chi connectivity index (χ0) is 54.0. The number of aryl methyl sites for hydroxylation is 3. The van der Waals surface area contributed by atoms with Gasteiger partial charge in [-0.3, -0.25) is 14.3 Å². The van der Waals surface area contributed by atoms with Gasteiger partial charge in [-0.1, -0.05) is 62.4 Å². The summed E-state index contributed by atoms with van der Waals surface area (Å²) in [5.74, 6) is -3.73. The molecule has 0 spiro atoms. The van der Waals surface area contributed by atoms with Crippen LogP contribution in [0.25, 0.3) is 10.9 Å². The van der Waals surface area contributed by atoms with Crippen LogP contribution in [0.3, 0.4) is 0 Å². The monoisotopic (exact) mass is 1060 g/mol. The number of amides is 2. The van der Waals surface area contributed by atoms with E-state index in [4.69, 9.17) is 28.4 Å². The van der Waals surface area contributed by atoms with E-state index in [1.165, 1.54) is 26.0 Å². The second-order valence-corrected chi connectivity index (χ2v) is 20.9. The highest BCUT2D eigenvalue weighted by Crippen LogP contribution is 2.39. The average Bonchev–Trinajstić information content (AvgIpc) is 4.06. The Morgan fingerprint density at radius 3 is 2.36 bits per heavy atom. The molecule has 4 aromatic rings. The number of carboxylic acid groups (broad SMARTS) is 1. The minimum Gasteiger partial charge on any atom is -0.479 e. The van der Waals surface area contributed by atoms with E-state index in [-0.39, 0.29) is 42.6 Å². The van der Waals surface area contributed by atoms with Crippen molar-refractivity contribution in [3.63, 3.8) is 0 Å². The first-order valence-corrected chi connectivity index (χ1v) is 26.7. The number of carbonyl (C=O) groups excluding carboxylic acids is 3. The summed E-state index contributed by atoms with van der Waals surface area (Å²) in [6.45, 7) is 5.72. The van der Waals surface area contributed by atoms with Gasteiger partial charge in [0.2, 0.25) is 11.8 Å². The largest absolute Gasteiger partial charge is 0.479 e. The van der Waals surface area contributed by atoms with Gasteiger partial charge in [0.05, 0.1) is 36.2 Å². The lowest BCUT2D eigenvalue weighted by atomic mass is 9.77. The number of fused-ring (bicyclic) bond motifs is 1. The van der Waals surface area contributed by atoms with Gasteiger partial charge < -0.3 is 74.3 Å². The van der Waals surface area contributed by atoms with Crippen LogP contribution in [0, 0.1) is 17.8 Å². The van der Waals surface area contributed by atoms with Gasteiger partial charge in [0.15, 0.2) is 24.8 Å². The molecule has 416 valence electrons. The van der Waals surface area contributed by atoms with Gasteiger partial charge in [-0.05, 0) is 93.7 Å². The van der Waals surface area contributed by atoms with Crippen molar-refractivity contribution in [2.45, 2.75) is 184 Å². The van der Waals surface area contributed by atoms with E-state index >= 15 is 0 Å². The molecule has 0 radical (unpaired) electrons. The van der Waals surface area contributed by atoms with Gasteiger partial charge >= 0.3 is 11.9 Å². The molecule has 2 aromatic carbocycles. The van der Waals surface area contributed by atoms with Crippen molar-refractivity contribution in [2.75, 3.05) is 18.5 Å². The number of aromatic nitrogens is 4. The quantitative estimate of drug-likeness (QED) is 0.0414. The molecule has 4 heterocycles. The normalized spacial score (nSPS) is 30.6. The van der Waals surface area contributed by atoms with E-state index in [0.29, 0.717) is 25.9 Å². The van der Waals surface area contributed by atoms with E-state index in [1.807, 2.05) is 43.6 Å². The third kappa shape index (κ3) is 14.2. The number of aliphatic hydroxyl groups excluding tert-OH is 5. The standard InChI is InChI=1S/C54H74N6O16/c1-30-24-36(50(67)55-20-10-16-38-28-60(58-57-38)22-11-21-59-23-19-35-26-37(56-32(3)62)17-18-39(35)59)27-40(47(30)76-53-46(66)45(65)43(63)31(2)71-53)73-54-49(75-52(70)34-14-8-5-9-15-34)48(44(64)42(29-61)74-54)72-41(51(68)69)25-33-12-6-4-7-13-33/h5,8-9,14-15,17-19,23,26,28,30-31,33,36,40-49,53-54,61,63-66H,4,6-7,10-13,16,20-22,24-25,27,29H2,1-3H3,(H,55,67)(H,56,62)(H,68,69)/t30-,31?,36?,40-,41+,42+,43-,44+,45?,46+,47?,48?,49?,53+,54-/m1/s1. The number of aliphatic hydroxyl groups is 5. The van der Waals surface area contributed by atoms with Gasteiger partial charge in [0, 0.05) is 61.5 Å². The van der Waals surface area contributed by atoms with Gasteiger partial charge in [0.1, 0.15) is 36.6 Å². The predicted molar refractivity (Wildman–Crippen MR) is 271 cm³/mol. The number of rotatable bonds is 22. The van der Waals surface area contributed by atoms with Crippen LogP contribution in [0.4, 0.5) is 5.69 Å². The number of esters is 1. The average molecular weight is 1060 g/mol. The lowest BCUT2D eigenvalue weighted by molar-refractivity contribution is -0.349. The summed E-state index contributed by atoms with van der Waals surface area (Å²) in [7, 11) is 0. The molecule has 2 amide bonds. The molecule has 15 atom stereocenters. The van der Waals surface area contributed by atoms with Crippen molar-refractivity contribution >= 4 is 40.3 Å². The Morgan fingerprint density at radius 2 is 1.62 bits per heavy atom. The number of carbonyl (C=O) groups is 4. The van der Waals surface area contributed by atoms with Crippen molar-refractivity contribution in [1.82, 2.24) is 24.9 Å². The molecule has 2 aromatic heterocycles. The van der Waals surface area contributed by atoms with Gasteiger partial charge in [-0.15, -0.1) is 5.10 Å². The molecule has 2 saturated heterocycles. The molecule has 2 saturated carbocycles. The predicted octanol–water partition coefficient (Wildman–Crippen LogP) is 3.09. The fraction of sp³-hybridized carbons (Fsp3) is 0.630. The first-order chi connectivity index (χ1) is 36.6. The third-order valence-electron chi connectivity index (χ3n) is 15.2. The number of benzene rings is 2. The molecule has 0 bridgehead atoms. The zero-order valence-corrected chi connectivity index (χ0v) is 43.2. The first-order valence-electron chi connectivity index (χ1n) is 26.7. The number of hydrogen-bond acceptors (Lipinski definition) is 17. The minimum atomic E-state index is -1.70. The number of nitrogens with one attached hydrogen (secondary N) is 2. The molecule has 4 fully saturated rings. The molecule has 4 aliphatic rings. The van der Waals surface area contributed by atoms with E-state index in [1.54, 1.807) is 22.9 Å². The maximum Gasteiger partial charge on any atom is 0.338 e. The fourth-order valence-corrected chi connectivity index (χ4v) is 11.1. The highest BCUT2D eigenvalue weighted by Gasteiger charge is 2.54. The van der Waals surface area contributed by atoms with Crippen LogP contribution in [0.2, 0.25) is 0 Å². The molecular weight excluding hydrogens is 989 g/mol. The van der Waals surface area contributed by atoms with Crippen LogP contribution < -0.4 is 10.6 Å². The van der Waals surface area contributed by atoms with Crippen LogP contribution >= 0.6 is 0 Å². The van der Waals surface area contributed by atoms with Gasteiger partial charge in [-0.25, -0.2) is 9.59 Å². The maximum absolute atomic E-state index is 14.1. The summed E-state index contributed by atoms with van der Waals surface area (Å²) in [6.07, 6.45) is -7.99. The third-order valence-corrected chi connectivity index (χ3v) is 15.2. The van der Waals surface area contributed by atoms with E-state index in [9.17, 15) is 49.8 Å². The fourth-order valence-electron chi connectivity index (χ4n) is 11.1. The molecule has 76 heavy (non-hydrogen) atoms. The molecule has 2 aliphatic carbocycles. The molecule has 22 heteroatoms. The second-order valence-electron chi connectivity index (χ2n) is 20.9. The first kappa shape index (κ1) is 56.8. The van der Waals surface area contributed by atoms with Crippen molar-refractivity contribution in [2.24, 2.45) is 17.8 Å². The minimum absolute atomic E-state index is 0.0217. The Morgan fingerprint density at radius 1 is 0.842 bits per heavy atom. The molecular formula is C54H74N6O16. The van der Waals surface area contributed by atoms with Crippen molar-refractivity contribution < 1.29 is 78.2 Å². The molecule has 6 unspecified atom stereocenters. The SMILES string of the molecule is CC(=O)Nc1ccc2c(ccn2CCCn2cc(CCCNC(=O)C3C[C@@H](C)C(O[C@@H]4OC(C)[C@@H](O)C(O)[C@@H]4O)[C@H](O[C@@H]4O[C@@H](CO)[C@H](O)C(O[C@@H](CC5CCCCC5)C(=O)O)C4OC(=O)c4ccccc4)C3)nn2)c1. The lowest BCUT2D eigenvalue weighted by Gasteiger charge is -2.48. The summed E-state index contributed by atoms with van der Waals surface area (Å²) >= 11 is 0. The topological polar surface area (TPSA) is 305 Å². The Labute approximate surface area is 440 Å². The smallest absolute Gasteiger partial charge is 0.338 e. The number of ether oxygens (including phenoxy) is 6. The molecule has 2 aliphatic heterocycles. The molecule has 8 N–H and O–H groups in total. The van der Waals surface area contributed by atoms with Crippen LogP contribution in [0.1, 0.15) is 101 Å². The number of carboxylic acids is 1. The highest BCUT2D eigenvalue weighted by atomic mass is 16.7. The maximum atomic E-state index is 14.1. The van der Waals surface area contributed by atoms with Crippen LogP contribution in [-0.4, -0.2) is 167 Å². The van der Waals surface area contributed by atoms with Crippen molar-refractivity contribution in [1.29, 1.82) is 0 Å². The Hall–Kier alpha value is -5.40. The Kier molecular flexibility index (Phi) is 19.7. The molecule has 22 nitrogen and oxygen atoms in total. The van der Waals surface area contributed by atoms with Gasteiger partial charge in [-0.2, -0.15) is 0 Å². The Bertz CT molecular complexity index is 2540. The summed E-state index contributed by atoms with van der Waals surface area (Å²) in [4.78, 5) is 52.3.